The molecule has 0 aliphatic carbocycles. The number of aromatic nitrogens is 4. The third kappa shape index (κ3) is 3.87. The summed E-state index contributed by atoms with van der Waals surface area (Å²) in [5, 5.41) is 12.0. The molecule has 1 aliphatic rings. The van der Waals surface area contributed by atoms with Gasteiger partial charge in [0, 0.05) is 6.42 Å². The van der Waals surface area contributed by atoms with Gasteiger partial charge < -0.3 is 5.32 Å². The topological polar surface area (TPSA) is 84.7 Å². The van der Waals surface area contributed by atoms with Gasteiger partial charge in [-0.05, 0) is 25.7 Å². The van der Waals surface area contributed by atoms with Crippen LogP contribution in [-0.2, 0) is 19.4 Å². The molecule has 2 amide bonds. The van der Waals surface area contributed by atoms with Crippen LogP contribution < -0.4 is 10.6 Å². The molecule has 0 bridgehead atoms. The van der Waals surface area contributed by atoms with E-state index in [0.717, 1.165) is 40.8 Å². The van der Waals surface area contributed by atoms with Crippen molar-refractivity contribution in [1.82, 2.24) is 25.1 Å². The maximum atomic E-state index is 12.3. The first-order valence-electron chi connectivity index (χ1n) is 7.91. The number of hydrogen-bond acceptors (Lipinski definition) is 5. The molecular weight excluding hydrogens is 312 g/mol. The van der Waals surface area contributed by atoms with Crippen LogP contribution in [0.1, 0.15) is 36.8 Å². The van der Waals surface area contributed by atoms with Crippen LogP contribution in [0.4, 0.5) is 9.80 Å². The third-order valence-electron chi connectivity index (χ3n) is 3.77. The molecule has 1 aliphatic heterocycles. The summed E-state index contributed by atoms with van der Waals surface area (Å²) in [6, 6.07) is -0.0982. The molecule has 0 saturated heterocycles. The molecule has 2 N–H and O–H groups in total. The Morgan fingerprint density at radius 3 is 3.13 bits per heavy atom. The summed E-state index contributed by atoms with van der Waals surface area (Å²) in [6.07, 6.45) is 4.15. The lowest BCUT2D eigenvalue weighted by molar-refractivity contribution is 0.243. The fraction of sp³-hybridized carbons (Fsp3) is 0.600. The maximum Gasteiger partial charge on any atom is 0.320 e. The summed E-state index contributed by atoms with van der Waals surface area (Å²) in [7, 11) is 0. The molecule has 23 heavy (non-hydrogen) atoms. The van der Waals surface area contributed by atoms with E-state index in [-0.39, 0.29) is 12.1 Å². The lowest BCUT2D eigenvalue weighted by Crippen LogP contribution is -2.43. The smallest absolute Gasteiger partial charge is 0.320 e. The Balaban J connectivity index is 1.60. The zero-order valence-corrected chi connectivity index (χ0v) is 14.5. The van der Waals surface area contributed by atoms with E-state index in [1.807, 2.05) is 11.6 Å². The quantitative estimate of drug-likeness (QED) is 0.899. The monoisotopic (exact) mass is 334 g/mol. The van der Waals surface area contributed by atoms with Crippen LogP contribution >= 0.6 is 11.3 Å². The highest BCUT2D eigenvalue weighted by Crippen LogP contribution is 2.26. The van der Waals surface area contributed by atoms with Gasteiger partial charge in [-0.25, -0.2) is 19.4 Å². The number of nitrogens with one attached hydrogen (secondary N) is 2. The number of hydrogen-bond donors (Lipinski definition) is 2. The highest BCUT2D eigenvalue weighted by Gasteiger charge is 2.22. The van der Waals surface area contributed by atoms with E-state index in [2.05, 4.69) is 39.5 Å². The number of amides is 2. The molecule has 0 radical (unpaired) electrons. The van der Waals surface area contributed by atoms with E-state index in [9.17, 15) is 4.79 Å². The van der Waals surface area contributed by atoms with Gasteiger partial charge in [-0.2, -0.15) is 5.10 Å². The molecule has 2 aromatic heterocycles. The number of anilines is 1. The van der Waals surface area contributed by atoms with Gasteiger partial charge in [-0.3, -0.25) is 5.32 Å². The molecule has 0 aromatic carbocycles. The Hall–Kier alpha value is -1.96. The lowest BCUT2D eigenvalue weighted by Gasteiger charge is -2.23. The Morgan fingerprint density at radius 2 is 2.35 bits per heavy atom. The zero-order chi connectivity index (χ0) is 16.4. The molecular formula is C15H22N6OS. The SMILES string of the molecule is Cc1nc(CC(C)C)c(NC(=O)N[C@H]2CCc3ncnn3C2)s1. The van der Waals surface area contributed by atoms with Crippen molar-refractivity contribution < 1.29 is 4.79 Å². The van der Waals surface area contributed by atoms with Crippen molar-refractivity contribution in [3.8, 4) is 0 Å². The number of fused-ring (bicyclic) bond motifs is 1. The first kappa shape index (κ1) is 15.9. The van der Waals surface area contributed by atoms with Gasteiger partial charge in [0.1, 0.15) is 17.2 Å². The molecule has 3 heterocycles. The second-order valence-electron chi connectivity index (χ2n) is 6.30. The number of nitrogens with zero attached hydrogens (tertiary/aromatic N) is 4. The minimum Gasteiger partial charge on any atom is -0.333 e. The average molecular weight is 334 g/mol. The number of carbonyl (C=O) groups excluding carboxylic acids is 1. The first-order valence-corrected chi connectivity index (χ1v) is 8.73. The van der Waals surface area contributed by atoms with Crippen LogP contribution in [-0.4, -0.2) is 31.8 Å². The highest BCUT2D eigenvalue weighted by molar-refractivity contribution is 7.16. The van der Waals surface area contributed by atoms with Gasteiger partial charge in [0.2, 0.25) is 0 Å². The standard InChI is InChI=1S/C15H22N6OS/c1-9(2)6-12-14(23-10(3)18-12)20-15(22)19-11-4-5-13-16-8-17-21(13)7-11/h8-9,11H,4-7H2,1-3H3,(H2,19,20,22)/t11-/m0/s1. The molecule has 0 fully saturated rings. The molecule has 8 heteroatoms. The first-order chi connectivity index (χ1) is 11.0. The van der Waals surface area contributed by atoms with Crippen LogP contribution in [0.2, 0.25) is 0 Å². The van der Waals surface area contributed by atoms with Crippen molar-refractivity contribution in [2.24, 2.45) is 5.92 Å². The summed E-state index contributed by atoms with van der Waals surface area (Å²) in [6.45, 7) is 6.93. The van der Waals surface area contributed by atoms with Crippen molar-refractivity contribution in [3.05, 3.63) is 22.9 Å². The van der Waals surface area contributed by atoms with Crippen LogP contribution in [0, 0.1) is 12.8 Å². The highest BCUT2D eigenvalue weighted by atomic mass is 32.1. The molecule has 0 saturated carbocycles. The van der Waals surface area contributed by atoms with Crippen LogP contribution in [0.15, 0.2) is 6.33 Å². The number of carbonyl (C=O) groups is 1. The molecule has 7 nitrogen and oxygen atoms in total. The second kappa shape index (κ2) is 6.66. The van der Waals surface area contributed by atoms with Crippen molar-refractivity contribution >= 4 is 22.4 Å². The van der Waals surface area contributed by atoms with Gasteiger partial charge in [0.15, 0.2) is 0 Å². The average Bonchev–Trinajstić information content (AvgIpc) is 3.04. The normalized spacial score (nSPS) is 17.1. The molecule has 3 rings (SSSR count). The Morgan fingerprint density at radius 1 is 1.52 bits per heavy atom. The van der Waals surface area contributed by atoms with Crippen LogP contribution in [0.3, 0.4) is 0 Å². The van der Waals surface area contributed by atoms with E-state index in [1.54, 1.807) is 6.33 Å². The van der Waals surface area contributed by atoms with Gasteiger partial charge in [0.05, 0.1) is 23.3 Å². The Bertz CT molecular complexity index is 692. The van der Waals surface area contributed by atoms with Crippen molar-refractivity contribution in [2.75, 3.05) is 5.32 Å². The van der Waals surface area contributed by atoms with Gasteiger partial charge in [-0.1, -0.05) is 13.8 Å². The van der Waals surface area contributed by atoms with E-state index < -0.39 is 0 Å². The minimum absolute atomic E-state index is 0.0757. The number of thiazole rings is 1. The molecule has 2 aromatic rings. The third-order valence-corrected chi connectivity index (χ3v) is 4.70. The number of rotatable bonds is 4. The number of aryl methyl sites for hydroxylation is 2. The van der Waals surface area contributed by atoms with E-state index >= 15 is 0 Å². The fourth-order valence-electron chi connectivity index (χ4n) is 2.77. The van der Waals surface area contributed by atoms with E-state index in [1.165, 1.54) is 11.3 Å². The summed E-state index contributed by atoms with van der Waals surface area (Å²) < 4.78 is 1.86. The minimum atomic E-state index is -0.174. The van der Waals surface area contributed by atoms with Crippen molar-refractivity contribution in [3.63, 3.8) is 0 Å². The second-order valence-corrected chi connectivity index (χ2v) is 7.50. The maximum absolute atomic E-state index is 12.3. The van der Waals surface area contributed by atoms with Gasteiger partial charge in [0.25, 0.3) is 0 Å². The predicted octanol–water partition coefficient (Wildman–Crippen LogP) is 2.38. The zero-order valence-electron chi connectivity index (χ0n) is 13.7. The predicted molar refractivity (Wildman–Crippen MR) is 89.7 cm³/mol. The Labute approximate surface area is 139 Å². The van der Waals surface area contributed by atoms with Gasteiger partial charge in [-0.15, -0.1) is 11.3 Å². The fourth-order valence-corrected chi connectivity index (χ4v) is 3.61. The molecule has 0 spiro atoms. The number of urea groups is 1. The van der Waals surface area contributed by atoms with E-state index in [4.69, 9.17) is 0 Å². The summed E-state index contributed by atoms with van der Waals surface area (Å²) in [5.74, 6) is 1.49. The summed E-state index contributed by atoms with van der Waals surface area (Å²) in [4.78, 5) is 21.0. The van der Waals surface area contributed by atoms with Crippen LogP contribution in [0.5, 0.6) is 0 Å². The molecule has 124 valence electrons. The van der Waals surface area contributed by atoms with E-state index in [0.29, 0.717) is 12.5 Å². The largest absolute Gasteiger partial charge is 0.333 e. The molecule has 0 unspecified atom stereocenters. The van der Waals surface area contributed by atoms with Crippen molar-refractivity contribution in [1.29, 1.82) is 0 Å². The Kier molecular flexibility index (Phi) is 4.61. The van der Waals surface area contributed by atoms with Crippen LogP contribution in [0.25, 0.3) is 0 Å². The summed E-state index contributed by atoms with van der Waals surface area (Å²) in [5.41, 5.74) is 0.972. The van der Waals surface area contributed by atoms with Crippen molar-refractivity contribution in [2.45, 2.75) is 52.6 Å². The lowest BCUT2D eigenvalue weighted by atomic mass is 10.1. The van der Waals surface area contributed by atoms with Gasteiger partial charge >= 0.3 is 6.03 Å². The molecule has 1 atom stereocenters. The summed E-state index contributed by atoms with van der Waals surface area (Å²) >= 11 is 1.53.